The summed E-state index contributed by atoms with van der Waals surface area (Å²) in [6, 6.07) is 10.6. The molecule has 1 aliphatic carbocycles. The predicted octanol–water partition coefficient (Wildman–Crippen LogP) is 6.00. The van der Waals surface area contributed by atoms with Crippen LogP contribution in [-0.2, 0) is 13.2 Å². The second-order valence-electron chi connectivity index (χ2n) is 7.65. The Labute approximate surface area is 193 Å². The Morgan fingerprint density at radius 1 is 1.00 bits per heavy atom. The Morgan fingerprint density at radius 2 is 1.77 bits per heavy atom. The smallest absolute Gasteiger partial charge is 0.231 e. The zero-order valence-corrected chi connectivity index (χ0v) is 19.6. The van der Waals surface area contributed by atoms with Gasteiger partial charge in [-0.1, -0.05) is 31.7 Å². The number of nitrogens with one attached hydrogen (secondary N) is 1. The second-order valence-corrected chi connectivity index (χ2v) is 8.51. The first-order valence-electron chi connectivity index (χ1n) is 10.3. The Bertz CT molecular complexity index is 840. The fourth-order valence-electron chi connectivity index (χ4n) is 3.95. The molecule has 0 radical (unpaired) electrons. The molecule has 0 atom stereocenters. The minimum absolute atomic E-state index is 0. The molecule has 0 aromatic heterocycles. The van der Waals surface area contributed by atoms with Crippen molar-refractivity contribution in [2.45, 2.75) is 57.7 Å². The maximum atomic E-state index is 6.08. The van der Waals surface area contributed by atoms with E-state index in [1.807, 2.05) is 18.2 Å². The van der Waals surface area contributed by atoms with Gasteiger partial charge in [0.25, 0.3) is 0 Å². The zero-order valence-electron chi connectivity index (χ0n) is 17.2. The molecule has 164 valence electrons. The highest BCUT2D eigenvalue weighted by atomic mass is 79.9. The van der Waals surface area contributed by atoms with Gasteiger partial charge in [0.15, 0.2) is 23.0 Å². The van der Waals surface area contributed by atoms with E-state index in [1.165, 1.54) is 44.1 Å². The van der Waals surface area contributed by atoms with Crippen molar-refractivity contribution in [2.24, 2.45) is 0 Å². The average Bonchev–Trinajstić information content (AvgIpc) is 3.04. The molecule has 1 heterocycles. The van der Waals surface area contributed by atoms with E-state index in [0.29, 0.717) is 18.4 Å². The highest BCUT2D eigenvalue weighted by Gasteiger charge is 2.16. The van der Waals surface area contributed by atoms with Crippen molar-refractivity contribution in [2.75, 3.05) is 13.9 Å². The third-order valence-corrected chi connectivity index (χ3v) is 6.15. The highest BCUT2D eigenvalue weighted by molar-refractivity contribution is 9.10. The zero-order chi connectivity index (χ0) is 20.1. The third kappa shape index (κ3) is 5.74. The van der Waals surface area contributed by atoms with Crippen molar-refractivity contribution < 1.29 is 18.9 Å². The number of benzene rings is 2. The summed E-state index contributed by atoms with van der Waals surface area (Å²) < 4.78 is 23.4. The van der Waals surface area contributed by atoms with Crippen LogP contribution in [0.1, 0.15) is 49.7 Å². The fourth-order valence-corrected chi connectivity index (χ4v) is 4.55. The quantitative estimate of drug-likeness (QED) is 0.475. The van der Waals surface area contributed by atoms with Gasteiger partial charge in [0.05, 0.1) is 11.6 Å². The van der Waals surface area contributed by atoms with Gasteiger partial charge in [0.2, 0.25) is 6.79 Å². The molecule has 1 saturated carbocycles. The molecule has 7 heteroatoms. The number of hydrogen-bond donors (Lipinski definition) is 1. The van der Waals surface area contributed by atoms with Gasteiger partial charge < -0.3 is 24.3 Å². The van der Waals surface area contributed by atoms with Crippen molar-refractivity contribution in [1.82, 2.24) is 5.32 Å². The lowest BCUT2D eigenvalue weighted by Gasteiger charge is -2.18. The summed E-state index contributed by atoms with van der Waals surface area (Å²) in [5, 5.41) is 3.71. The standard InChI is InChI=1S/C23H28BrNO4.ClH/c1-26-22-12-17(13-25-18-6-4-2-3-5-7-18)10-19(24)23(22)27-14-16-8-9-20-21(11-16)29-15-28-20;/h8-12,18,25H,2-7,13-15H2,1H3;1H. The minimum atomic E-state index is 0. The summed E-state index contributed by atoms with van der Waals surface area (Å²) in [7, 11) is 1.68. The Balaban J connectivity index is 0.00000256. The third-order valence-electron chi connectivity index (χ3n) is 5.56. The van der Waals surface area contributed by atoms with Gasteiger partial charge in [-0.3, -0.25) is 0 Å². The van der Waals surface area contributed by atoms with E-state index in [-0.39, 0.29) is 19.2 Å². The van der Waals surface area contributed by atoms with Gasteiger partial charge in [-0.25, -0.2) is 0 Å². The molecule has 0 saturated heterocycles. The van der Waals surface area contributed by atoms with Crippen molar-refractivity contribution in [1.29, 1.82) is 0 Å². The van der Waals surface area contributed by atoms with Crippen LogP contribution in [0, 0.1) is 0 Å². The summed E-state index contributed by atoms with van der Waals surface area (Å²) in [4.78, 5) is 0. The molecule has 1 N–H and O–H groups in total. The summed E-state index contributed by atoms with van der Waals surface area (Å²) >= 11 is 3.66. The SMILES string of the molecule is COc1cc(CNC2CCCCCC2)cc(Br)c1OCc1ccc2c(c1)OCO2.Cl. The van der Waals surface area contributed by atoms with Crippen molar-refractivity contribution in [3.8, 4) is 23.0 Å². The van der Waals surface area contributed by atoms with E-state index >= 15 is 0 Å². The summed E-state index contributed by atoms with van der Waals surface area (Å²) in [6.45, 7) is 1.53. The number of hydrogen-bond acceptors (Lipinski definition) is 5. The number of fused-ring (bicyclic) bond motifs is 1. The average molecular weight is 499 g/mol. The first-order chi connectivity index (χ1) is 14.2. The van der Waals surface area contributed by atoms with Crippen LogP contribution in [0.3, 0.4) is 0 Å². The number of halogens is 2. The van der Waals surface area contributed by atoms with Gasteiger partial charge in [-0.05, 0) is 64.2 Å². The van der Waals surface area contributed by atoms with Crippen LogP contribution >= 0.6 is 28.3 Å². The van der Waals surface area contributed by atoms with Crippen LogP contribution in [0.5, 0.6) is 23.0 Å². The van der Waals surface area contributed by atoms with Crippen molar-refractivity contribution >= 4 is 28.3 Å². The van der Waals surface area contributed by atoms with Crippen LogP contribution < -0.4 is 24.3 Å². The molecule has 4 rings (SSSR count). The van der Waals surface area contributed by atoms with Crippen LogP contribution in [-0.4, -0.2) is 19.9 Å². The monoisotopic (exact) mass is 497 g/mol. The van der Waals surface area contributed by atoms with E-state index in [1.54, 1.807) is 7.11 Å². The molecule has 2 aromatic carbocycles. The lowest BCUT2D eigenvalue weighted by atomic mass is 10.1. The number of methoxy groups -OCH3 is 1. The van der Waals surface area contributed by atoms with Gasteiger partial charge in [-0.2, -0.15) is 0 Å². The van der Waals surface area contributed by atoms with Crippen molar-refractivity contribution in [3.05, 3.63) is 45.9 Å². The largest absolute Gasteiger partial charge is 0.493 e. The van der Waals surface area contributed by atoms with E-state index < -0.39 is 0 Å². The Hall–Kier alpha value is -1.63. The number of ether oxygens (including phenoxy) is 4. The summed E-state index contributed by atoms with van der Waals surface area (Å²) in [5.41, 5.74) is 2.20. The van der Waals surface area contributed by atoms with Crippen LogP contribution in [0.4, 0.5) is 0 Å². The maximum Gasteiger partial charge on any atom is 0.231 e. The van der Waals surface area contributed by atoms with Crippen LogP contribution in [0.15, 0.2) is 34.8 Å². The molecule has 2 aliphatic rings. The Kier molecular flexibility index (Phi) is 8.54. The first kappa shape index (κ1) is 23.0. The maximum absolute atomic E-state index is 6.08. The lowest BCUT2D eigenvalue weighted by Crippen LogP contribution is -2.27. The molecule has 5 nitrogen and oxygen atoms in total. The fraction of sp³-hybridized carbons (Fsp3) is 0.478. The summed E-state index contributed by atoms with van der Waals surface area (Å²) in [6.07, 6.45) is 7.94. The number of rotatable bonds is 7. The van der Waals surface area contributed by atoms with Gasteiger partial charge in [-0.15, -0.1) is 12.4 Å². The van der Waals surface area contributed by atoms with Gasteiger partial charge >= 0.3 is 0 Å². The van der Waals surface area contributed by atoms with E-state index in [9.17, 15) is 0 Å². The molecular weight excluding hydrogens is 470 g/mol. The van der Waals surface area contributed by atoms with E-state index in [2.05, 4.69) is 33.4 Å². The second kappa shape index (κ2) is 11.1. The molecule has 1 aliphatic heterocycles. The molecule has 2 aromatic rings. The Morgan fingerprint density at radius 3 is 2.53 bits per heavy atom. The van der Waals surface area contributed by atoms with Crippen LogP contribution in [0.25, 0.3) is 0 Å². The molecular formula is C23H29BrClNO4. The van der Waals surface area contributed by atoms with E-state index in [0.717, 1.165) is 33.8 Å². The predicted molar refractivity (Wildman–Crippen MR) is 123 cm³/mol. The topological polar surface area (TPSA) is 49.0 Å². The molecule has 0 bridgehead atoms. The van der Waals surface area contributed by atoms with E-state index in [4.69, 9.17) is 18.9 Å². The van der Waals surface area contributed by atoms with Gasteiger partial charge in [0, 0.05) is 12.6 Å². The van der Waals surface area contributed by atoms with Crippen LogP contribution in [0.2, 0.25) is 0 Å². The minimum Gasteiger partial charge on any atom is -0.493 e. The first-order valence-corrected chi connectivity index (χ1v) is 11.1. The molecule has 0 amide bonds. The molecule has 1 fully saturated rings. The molecule has 0 spiro atoms. The summed E-state index contributed by atoms with van der Waals surface area (Å²) in [5.74, 6) is 2.98. The molecule has 0 unspecified atom stereocenters. The lowest BCUT2D eigenvalue weighted by molar-refractivity contribution is 0.174. The highest BCUT2D eigenvalue weighted by Crippen LogP contribution is 2.38. The van der Waals surface area contributed by atoms with Crippen molar-refractivity contribution in [3.63, 3.8) is 0 Å². The normalized spacial score (nSPS) is 15.9. The van der Waals surface area contributed by atoms with Gasteiger partial charge in [0.1, 0.15) is 6.61 Å². The molecule has 30 heavy (non-hydrogen) atoms.